The average Bonchev–Trinajstić information content (AvgIpc) is 2.57. The molecule has 1 unspecified atom stereocenters. The molecular formula is C11H15N3O. The van der Waals surface area contributed by atoms with Crippen molar-refractivity contribution in [2.24, 2.45) is 11.5 Å². The summed E-state index contributed by atoms with van der Waals surface area (Å²) < 4.78 is 5.48. The topological polar surface area (TPSA) is 77.2 Å². The highest BCUT2D eigenvalue weighted by molar-refractivity contribution is 5.31. The predicted molar refractivity (Wildman–Crippen MR) is 58.6 cm³/mol. The first-order valence-electron chi connectivity index (χ1n) is 4.84. The van der Waals surface area contributed by atoms with Gasteiger partial charge < -0.3 is 21.2 Å². The van der Waals surface area contributed by atoms with Gasteiger partial charge in [-0.15, -0.1) is 0 Å². The zero-order valence-electron chi connectivity index (χ0n) is 8.66. The number of nitrogens with two attached hydrogens (primary N) is 2. The first-order chi connectivity index (χ1) is 7.10. The van der Waals surface area contributed by atoms with Gasteiger partial charge in [-0.25, -0.2) is 0 Å². The van der Waals surface area contributed by atoms with Crippen molar-refractivity contribution < 1.29 is 4.42 Å². The van der Waals surface area contributed by atoms with Gasteiger partial charge in [0.05, 0.1) is 5.54 Å². The Morgan fingerprint density at radius 1 is 1.47 bits per heavy atom. The molecule has 4 nitrogen and oxygen atoms in total. The Morgan fingerprint density at radius 2 is 2.27 bits per heavy atom. The van der Waals surface area contributed by atoms with Crippen LogP contribution in [0.1, 0.15) is 11.5 Å². The fourth-order valence-corrected chi connectivity index (χ4v) is 1.59. The van der Waals surface area contributed by atoms with E-state index >= 15 is 0 Å². The molecule has 0 bridgehead atoms. The Balaban J connectivity index is 2.20. The minimum atomic E-state index is -0.643. The van der Waals surface area contributed by atoms with Crippen LogP contribution in [-0.2, 0) is 6.42 Å². The summed E-state index contributed by atoms with van der Waals surface area (Å²) in [6.45, 7) is 1.91. The lowest BCUT2D eigenvalue weighted by atomic mass is 9.90. The van der Waals surface area contributed by atoms with Gasteiger partial charge in [-0.3, -0.25) is 0 Å². The summed E-state index contributed by atoms with van der Waals surface area (Å²) in [5.74, 6) is 1.73. The lowest BCUT2D eigenvalue weighted by Gasteiger charge is -2.28. The number of aryl methyl sites for hydroxylation is 1. The van der Waals surface area contributed by atoms with Crippen LogP contribution in [0.4, 0.5) is 0 Å². The van der Waals surface area contributed by atoms with Crippen LogP contribution in [0.2, 0.25) is 0 Å². The van der Waals surface area contributed by atoms with Gasteiger partial charge >= 0.3 is 0 Å². The molecule has 0 radical (unpaired) electrons. The Bertz CT molecular complexity index is 419. The highest BCUT2D eigenvalue weighted by atomic mass is 16.3. The molecule has 1 aliphatic heterocycles. The van der Waals surface area contributed by atoms with Crippen molar-refractivity contribution in [1.29, 1.82) is 0 Å². The summed E-state index contributed by atoms with van der Waals surface area (Å²) in [5, 5.41) is 2.90. The second-order valence-corrected chi connectivity index (χ2v) is 3.83. The van der Waals surface area contributed by atoms with E-state index in [1.807, 2.05) is 25.1 Å². The molecule has 1 atom stereocenters. The zero-order valence-corrected chi connectivity index (χ0v) is 8.66. The van der Waals surface area contributed by atoms with Crippen molar-refractivity contribution >= 4 is 0 Å². The van der Waals surface area contributed by atoms with Crippen molar-refractivity contribution in [1.82, 2.24) is 5.32 Å². The van der Waals surface area contributed by atoms with Crippen LogP contribution >= 0.6 is 0 Å². The maximum absolute atomic E-state index is 6.16. The second kappa shape index (κ2) is 3.47. The van der Waals surface area contributed by atoms with Crippen molar-refractivity contribution in [3.05, 3.63) is 47.8 Å². The minimum Gasteiger partial charge on any atom is -0.466 e. The molecule has 5 N–H and O–H groups in total. The summed E-state index contributed by atoms with van der Waals surface area (Å²) in [4.78, 5) is 0. The average molecular weight is 205 g/mol. The van der Waals surface area contributed by atoms with E-state index in [-0.39, 0.29) is 0 Å². The molecule has 0 aromatic carbocycles. The first kappa shape index (κ1) is 9.86. The summed E-state index contributed by atoms with van der Waals surface area (Å²) in [6.07, 6.45) is 5.91. The number of rotatable bonds is 2. The van der Waals surface area contributed by atoms with Crippen molar-refractivity contribution in [3.63, 3.8) is 0 Å². The molecule has 0 fully saturated rings. The van der Waals surface area contributed by atoms with E-state index in [1.165, 1.54) is 0 Å². The molecule has 0 spiro atoms. The Hall–Kier alpha value is -1.68. The van der Waals surface area contributed by atoms with E-state index in [2.05, 4.69) is 5.32 Å². The molecule has 4 heteroatoms. The molecule has 0 saturated carbocycles. The van der Waals surface area contributed by atoms with Crippen molar-refractivity contribution in [2.45, 2.75) is 18.9 Å². The van der Waals surface area contributed by atoms with Gasteiger partial charge in [0.2, 0.25) is 0 Å². The molecule has 0 aliphatic carbocycles. The molecule has 1 aromatic rings. The largest absolute Gasteiger partial charge is 0.466 e. The summed E-state index contributed by atoms with van der Waals surface area (Å²) in [7, 11) is 0. The van der Waals surface area contributed by atoms with Crippen LogP contribution < -0.4 is 16.8 Å². The van der Waals surface area contributed by atoms with Gasteiger partial charge in [0.1, 0.15) is 11.5 Å². The third-order valence-corrected chi connectivity index (χ3v) is 2.52. The van der Waals surface area contributed by atoms with Crippen molar-refractivity contribution in [3.8, 4) is 0 Å². The number of dihydropyridines is 1. The summed E-state index contributed by atoms with van der Waals surface area (Å²) >= 11 is 0. The maximum atomic E-state index is 6.16. The molecule has 0 amide bonds. The monoisotopic (exact) mass is 205 g/mol. The van der Waals surface area contributed by atoms with Crippen LogP contribution in [0.3, 0.4) is 0 Å². The van der Waals surface area contributed by atoms with E-state index < -0.39 is 5.54 Å². The highest BCUT2D eigenvalue weighted by Crippen LogP contribution is 2.21. The predicted octanol–water partition coefficient (Wildman–Crippen LogP) is 0.745. The van der Waals surface area contributed by atoms with Gasteiger partial charge in [0, 0.05) is 18.3 Å². The number of furan rings is 1. The number of hydrogen-bond donors (Lipinski definition) is 3. The number of nitrogens with one attached hydrogen (secondary N) is 1. The van der Waals surface area contributed by atoms with Gasteiger partial charge in [0.15, 0.2) is 0 Å². The normalized spacial score (nSPS) is 24.8. The minimum absolute atomic E-state index is 0.571. The molecule has 80 valence electrons. The van der Waals surface area contributed by atoms with Crippen LogP contribution in [0.5, 0.6) is 0 Å². The van der Waals surface area contributed by atoms with E-state index in [9.17, 15) is 0 Å². The van der Waals surface area contributed by atoms with Gasteiger partial charge in [-0.05, 0) is 31.3 Å². The Kier molecular flexibility index (Phi) is 2.28. The summed E-state index contributed by atoms with van der Waals surface area (Å²) in [6, 6.07) is 3.84. The van der Waals surface area contributed by atoms with Crippen LogP contribution in [0, 0.1) is 6.92 Å². The van der Waals surface area contributed by atoms with Gasteiger partial charge in [0.25, 0.3) is 0 Å². The van der Waals surface area contributed by atoms with Gasteiger partial charge in [-0.1, -0.05) is 0 Å². The SMILES string of the molecule is Cc1ccc(CC2(N)C=CNC=C2N)o1. The Labute approximate surface area is 88.6 Å². The second-order valence-electron chi connectivity index (χ2n) is 3.83. The van der Waals surface area contributed by atoms with E-state index in [1.54, 1.807) is 12.4 Å². The number of hydrogen-bond acceptors (Lipinski definition) is 4. The molecule has 15 heavy (non-hydrogen) atoms. The molecule has 1 aromatic heterocycles. The third-order valence-electron chi connectivity index (χ3n) is 2.52. The molecule has 2 rings (SSSR count). The molecule has 1 aliphatic rings. The van der Waals surface area contributed by atoms with Crippen LogP contribution in [-0.4, -0.2) is 5.54 Å². The molecule has 2 heterocycles. The highest BCUT2D eigenvalue weighted by Gasteiger charge is 2.28. The standard InChI is InChI=1S/C11H15N3O/c1-8-2-3-9(15-8)6-11(13)4-5-14-7-10(11)12/h2-5,7,14H,6,12-13H2,1H3. The van der Waals surface area contributed by atoms with Crippen LogP contribution in [0.25, 0.3) is 0 Å². The van der Waals surface area contributed by atoms with Gasteiger partial charge in [-0.2, -0.15) is 0 Å². The lowest BCUT2D eigenvalue weighted by molar-refractivity contribution is 0.445. The van der Waals surface area contributed by atoms with Crippen molar-refractivity contribution in [2.75, 3.05) is 0 Å². The fourth-order valence-electron chi connectivity index (χ4n) is 1.59. The van der Waals surface area contributed by atoms with Crippen LogP contribution in [0.15, 0.2) is 40.7 Å². The first-order valence-corrected chi connectivity index (χ1v) is 4.84. The molecule has 0 saturated heterocycles. The summed E-state index contributed by atoms with van der Waals surface area (Å²) in [5.41, 5.74) is 12.0. The molecular weight excluding hydrogens is 190 g/mol. The quantitative estimate of drug-likeness (QED) is 0.665. The van der Waals surface area contributed by atoms with E-state index in [4.69, 9.17) is 15.9 Å². The fraction of sp³-hybridized carbons (Fsp3) is 0.273. The Morgan fingerprint density at radius 3 is 2.87 bits per heavy atom. The lowest BCUT2D eigenvalue weighted by Crippen LogP contribution is -2.47. The maximum Gasteiger partial charge on any atom is 0.106 e. The van der Waals surface area contributed by atoms with E-state index in [0.717, 1.165) is 11.5 Å². The third kappa shape index (κ3) is 1.89. The zero-order chi connectivity index (χ0) is 10.9. The van der Waals surface area contributed by atoms with E-state index in [0.29, 0.717) is 12.1 Å². The smallest absolute Gasteiger partial charge is 0.106 e.